The quantitative estimate of drug-likeness (QED) is 0.815. The van der Waals surface area contributed by atoms with Crippen molar-refractivity contribution in [1.82, 2.24) is 0 Å². The van der Waals surface area contributed by atoms with Gasteiger partial charge < -0.3 is 10.6 Å². The highest BCUT2D eigenvalue weighted by Gasteiger charge is 2.26. The summed E-state index contributed by atoms with van der Waals surface area (Å²) in [6.45, 7) is 7.72. The highest BCUT2D eigenvalue weighted by molar-refractivity contribution is 6.33. The normalized spacial score (nSPS) is 16.5. The van der Waals surface area contributed by atoms with Crippen LogP contribution in [0.5, 0.6) is 0 Å². The molecule has 0 aliphatic heterocycles. The zero-order chi connectivity index (χ0) is 14.7. The molecule has 1 atom stereocenters. The molecular formula is C17H27ClN2. The Kier molecular flexibility index (Phi) is 5.34. The van der Waals surface area contributed by atoms with Gasteiger partial charge in [-0.05, 0) is 63.1 Å². The molecule has 2 nitrogen and oxygen atoms in total. The SMILES string of the molecule is CCC(N)Cc1ccc(N(CC2CC2)C(C)C)c(Cl)c1. The first-order valence-electron chi connectivity index (χ1n) is 7.81. The second kappa shape index (κ2) is 6.82. The molecule has 1 aliphatic rings. The van der Waals surface area contributed by atoms with Crippen LogP contribution in [0.4, 0.5) is 5.69 Å². The topological polar surface area (TPSA) is 29.3 Å². The summed E-state index contributed by atoms with van der Waals surface area (Å²) < 4.78 is 0. The molecule has 1 fully saturated rings. The summed E-state index contributed by atoms with van der Waals surface area (Å²) in [5.41, 5.74) is 8.43. The van der Waals surface area contributed by atoms with Gasteiger partial charge in [-0.3, -0.25) is 0 Å². The van der Waals surface area contributed by atoms with Crippen LogP contribution in [0.25, 0.3) is 0 Å². The minimum Gasteiger partial charge on any atom is -0.368 e. The monoisotopic (exact) mass is 294 g/mol. The summed E-state index contributed by atoms with van der Waals surface area (Å²) in [6, 6.07) is 7.15. The first-order chi connectivity index (χ1) is 9.51. The second-order valence-corrected chi connectivity index (χ2v) is 6.75. The molecule has 0 heterocycles. The maximum atomic E-state index is 6.52. The molecule has 0 bridgehead atoms. The van der Waals surface area contributed by atoms with E-state index in [1.165, 1.54) is 24.1 Å². The maximum absolute atomic E-state index is 6.52. The summed E-state index contributed by atoms with van der Waals surface area (Å²) in [5, 5.41) is 0.861. The zero-order valence-corrected chi connectivity index (χ0v) is 13.7. The van der Waals surface area contributed by atoms with Crippen molar-refractivity contribution in [3.8, 4) is 0 Å². The smallest absolute Gasteiger partial charge is 0.0642 e. The highest BCUT2D eigenvalue weighted by atomic mass is 35.5. The lowest BCUT2D eigenvalue weighted by Gasteiger charge is -2.30. The molecular weight excluding hydrogens is 268 g/mol. The number of hydrogen-bond acceptors (Lipinski definition) is 2. The number of rotatable bonds is 7. The van der Waals surface area contributed by atoms with E-state index >= 15 is 0 Å². The molecule has 2 rings (SSSR count). The van der Waals surface area contributed by atoms with E-state index in [4.69, 9.17) is 17.3 Å². The summed E-state index contributed by atoms with van der Waals surface area (Å²) in [5.74, 6) is 0.863. The Bertz CT molecular complexity index is 441. The fourth-order valence-corrected chi connectivity index (χ4v) is 2.84. The van der Waals surface area contributed by atoms with Crippen molar-refractivity contribution in [2.24, 2.45) is 11.7 Å². The predicted octanol–water partition coefficient (Wildman–Crippen LogP) is 4.24. The first-order valence-corrected chi connectivity index (χ1v) is 8.19. The zero-order valence-electron chi connectivity index (χ0n) is 12.9. The third-order valence-electron chi connectivity index (χ3n) is 4.12. The number of nitrogens with zero attached hydrogens (tertiary/aromatic N) is 1. The summed E-state index contributed by atoms with van der Waals surface area (Å²) in [6.07, 6.45) is 4.63. The van der Waals surface area contributed by atoms with Crippen LogP contribution >= 0.6 is 11.6 Å². The van der Waals surface area contributed by atoms with Crippen LogP contribution in [0.1, 0.15) is 45.6 Å². The molecule has 0 saturated heterocycles. The molecule has 1 saturated carbocycles. The highest BCUT2D eigenvalue weighted by Crippen LogP contribution is 2.35. The lowest BCUT2D eigenvalue weighted by atomic mass is 10.0. The van der Waals surface area contributed by atoms with Gasteiger partial charge in [0.15, 0.2) is 0 Å². The number of halogens is 1. The Morgan fingerprint density at radius 1 is 1.35 bits per heavy atom. The van der Waals surface area contributed by atoms with E-state index in [1.807, 2.05) is 0 Å². The Labute approximate surface area is 128 Å². The van der Waals surface area contributed by atoms with E-state index < -0.39 is 0 Å². The molecule has 1 aromatic rings. The van der Waals surface area contributed by atoms with Crippen LogP contribution in [0, 0.1) is 5.92 Å². The van der Waals surface area contributed by atoms with Gasteiger partial charge in [-0.2, -0.15) is 0 Å². The fraction of sp³-hybridized carbons (Fsp3) is 0.647. The van der Waals surface area contributed by atoms with Crippen LogP contribution in [0.2, 0.25) is 5.02 Å². The van der Waals surface area contributed by atoms with E-state index in [2.05, 4.69) is 43.9 Å². The Morgan fingerprint density at radius 3 is 2.55 bits per heavy atom. The van der Waals surface area contributed by atoms with E-state index in [9.17, 15) is 0 Å². The van der Waals surface area contributed by atoms with E-state index in [0.29, 0.717) is 6.04 Å². The Balaban J connectivity index is 2.13. The molecule has 0 spiro atoms. The second-order valence-electron chi connectivity index (χ2n) is 6.35. The van der Waals surface area contributed by atoms with Gasteiger partial charge in [0, 0.05) is 18.6 Å². The van der Waals surface area contributed by atoms with Crippen LogP contribution in [0.3, 0.4) is 0 Å². The molecule has 2 N–H and O–H groups in total. The minimum absolute atomic E-state index is 0.226. The number of nitrogens with two attached hydrogens (primary N) is 1. The molecule has 0 radical (unpaired) electrons. The number of anilines is 1. The van der Waals surface area contributed by atoms with Crippen molar-refractivity contribution in [2.45, 2.75) is 58.5 Å². The van der Waals surface area contributed by atoms with E-state index in [1.54, 1.807) is 0 Å². The van der Waals surface area contributed by atoms with Gasteiger partial charge in [0.05, 0.1) is 10.7 Å². The molecule has 1 aliphatic carbocycles. The van der Waals surface area contributed by atoms with Gasteiger partial charge in [-0.1, -0.05) is 24.6 Å². The minimum atomic E-state index is 0.226. The number of benzene rings is 1. The third-order valence-corrected chi connectivity index (χ3v) is 4.42. The standard InChI is InChI=1S/C17H27ClN2/c1-4-15(19)9-14-7-8-17(16(18)10-14)20(12(2)3)11-13-5-6-13/h7-8,10,12-13,15H,4-6,9,11,19H2,1-3H3. The first kappa shape index (κ1) is 15.7. The van der Waals surface area contributed by atoms with Crippen molar-refractivity contribution in [2.75, 3.05) is 11.4 Å². The van der Waals surface area contributed by atoms with Gasteiger partial charge in [-0.15, -0.1) is 0 Å². The largest absolute Gasteiger partial charge is 0.368 e. The van der Waals surface area contributed by atoms with Crippen LogP contribution < -0.4 is 10.6 Å². The van der Waals surface area contributed by atoms with Crippen molar-refractivity contribution in [3.63, 3.8) is 0 Å². The molecule has 0 aromatic heterocycles. The maximum Gasteiger partial charge on any atom is 0.0642 e. The molecule has 0 amide bonds. The average Bonchev–Trinajstić information content (AvgIpc) is 3.20. The van der Waals surface area contributed by atoms with Gasteiger partial charge in [0.25, 0.3) is 0 Å². The summed E-state index contributed by atoms with van der Waals surface area (Å²) in [4.78, 5) is 2.43. The predicted molar refractivity (Wildman–Crippen MR) is 88.6 cm³/mol. The lowest BCUT2D eigenvalue weighted by Crippen LogP contribution is -2.33. The Hall–Kier alpha value is -0.730. The molecule has 1 aromatic carbocycles. The van der Waals surface area contributed by atoms with Crippen LogP contribution in [-0.4, -0.2) is 18.6 Å². The fourth-order valence-electron chi connectivity index (χ4n) is 2.52. The van der Waals surface area contributed by atoms with Crippen molar-refractivity contribution in [1.29, 1.82) is 0 Å². The number of hydrogen-bond donors (Lipinski definition) is 1. The molecule has 112 valence electrons. The van der Waals surface area contributed by atoms with Gasteiger partial charge >= 0.3 is 0 Å². The van der Waals surface area contributed by atoms with Gasteiger partial charge in [0.1, 0.15) is 0 Å². The molecule has 1 unspecified atom stereocenters. The average molecular weight is 295 g/mol. The summed E-state index contributed by atoms with van der Waals surface area (Å²) >= 11 is 6.52. The van der Waals surface area contributed by atoms with Crippen LogP contribution in [-0.2, 0) is 6.42 Å². The van der Waals surface area contributed by atoms with Gasteiger partial charge in [0.2, 0.25) is 0 Å². The Morgan fingerprint density at radius 2 is 2.05 bits per heavy atom. The third kappa shape index (κ3) is 4.13. The van der Waals surface area contributed by atoms with E-state index in [-0.39, 0.29) is 6.04 Å². The lowest BCUT2D eigenvalue weighted by molar-refractivity contribution is 0.640. The molecule has 3 heteroatoms. The summed E-state index contributed by atoms with van der Waals surface area (Å²) in [7, 11) is 0. The van der Waals surface area contributed by atoms with Crippen molar-refractivity contribution >= 4 is 17.3 Å². The van der Waals surface area contributed by atoms with Gasteiger partial charge in [-0.25, -0.2) is 0 Å². The van der Waals surface area contributed by atoms with Crippen LogP contribution in [0.15, 0.2) is 18.2 Å². The van der Waals surface area contributed by atoms with E-state index in [0.717, 1.165) is 30.3 Å². The molecule has 20 heavy (non-hydrogen) atoms. The van der Waals surface area contributed by atoms with Crippen molar-refractivity contribution < 1.29 is 0 Å². The van der Waals surface area contributed by atoms with Crippen molar-refractivity contribution in [3.05, 3.63) is 28.8 Å².